The van der Waals surface area contributed by atoms with E-state index >= 15 is 0 Å². The lowest BCUT2D eigenvalue weighted by atomic mass is 10.0. The van der Waals surface area contributed by atoms with Crippen LogP contribution in [0.5, 0.6) is 0 Å². The number of aliphatic carboxylic acids is 1. The average molecular weight is 294 g/mol. The average Bonchev–Trinajstić information content (AvgIpc) is 2.64. The summed E-state index contributed by atoms with van der Waals surface area (Å²) >= 11 is 1.48. The van der Waals surface area contributed by atoms with Gasteiger partial charge in [-0.25, -0.2) is 9.78 Å². The summed E-state index contributed by atoms with van der Waals surface area (Å²) in [4.78, 5) is 30.5. The number of fused-ring (bicyclic) bond motifs is 1. The summed E-state index contributed by atoms with van der Waals surface area (Å²) in [6.45, 7) is 8.74. The summed E-state index contributed by atoms with van der Waals surface area (Å²) in [5.74, 6) is -0.531. The molecule has 5 nitrogen and oxygen atoms in total. The quantitative estimate of drug-likeness (QED) is 0.943. The van der Waals surface area contributed by atoms with E-state index in [9.17, 15) is 14.7 Å². The highest BCUT2D eigenvalue weighted by molar-refractivity contribution is 7.18. The first kappa shape index (κ1) is 14.7. The monoisotopic (exact) mass is 294 g/mol. The third-order valence-electron chi connectivity index (χ3n) is 3.67. The number of rotatable bonds is 3. The molecule has 1 N–H and O–H groups in total. The normalized spacial score (nSPS) is 12.1. The van der Waals surface area contributed by atoms with Crippen LogP contribution in [-0.2, 0) is 16.8 Å². The number of aryl methyl sites for hydroxylation is 3. The molecule has 0 aliphatic carbocycles. The molecule has 0 atom stereocenters. The summed E-state index contributed by atoms with van der Waals surface area (Å²) in [6, 6.07) is 0. The maximum Gasteiger partial charge on any atom is 0.329 e. The second-order valence-electron chi connectivity index (χ2n) is 5.35. The molecule has 0 aliphatic rings. The molecule has 108 valence electrons. The van der Waals surface area contributed by atoms with Crippen molar-refractivity contribution in [3.63, 3.8) is 0 Å². The van der Waals surface area contributed by atoms with Crippen molar-refractivity contribution in [2.24, 2.45) is 0 Å². The molecule has 0 aromatic carbocycles. The van der Waals surface area contributed by atoms with Crippen LogP contribution in [-0.4, -0.2) is 20.6 Å². The smallest absolute Gasteiger partial charge is 0.329 e. The molecule has 2 heterocycles. The van der Waals surface area contributed by atoms with Crippen molar-refractivity contribution in [1.82, 2.24) is 9.55 Å². The minimum absolute atomic E-state index is 0.263. The molecule has 2 aromatic rings. The molecule has 2 aromatic heterocycles. The van der Waals surface area contributed by atoms with Gasteiger partial charge in [0, 0.05) is 11.3 Å². The highest BCUT2D eigenvalue weighted by Gasteiger charge is 2.33. The summed E-state index contributed by atoms with van der Waals surface area (Å²) in [5.41, 5.74) is -0.687. The van der Waals surface area contributed by atoms with Gasteiger partial charge in [-0.1, -0.05) is 6.92 Å². The predicted octanol–water partition coefficient (Wildman–Crippen LogP) is 2.46. The molecule has 0 aliphatic heterocycles. The molecule has 20 heavy (non-hydrogen) atoms. The van der Waals surface area contributed by atoms with Gasteiger partial charge in [-0.15, -0.1) is 11.3 Å². The van der Waals surface area contributed by atoms with Gasteiger partial charge in [0.05, 0.1) is 5.39 Å². The largest absolute Gasteiger partial charge is 0.480 e. The molecule has 0 saturated heterocycles. The Morgan fingerprint density at radius 3 is 2.50 bits per heavy atom. The van der Waals surface area contributed by atoms with E-state index in [0.29, 0.717) is 22.5 Å². The van der Waals surface area contributed by atoms with Crippen LogP contribution in [0.1, 0.15) is 37.0 Å². The van der Waals surface area contributed by atoms with E-state index in [-0.39, 0.29) is 5.56 Å². The van der Waals surface area contributed by atoms with Gasteiger partial charge in [-0.3, -0.25) is 9.36 Å². The highest BCUT2D eigenvalue weighted by atomic mass is 32.1. The molecule has 0 unspecified atom stereocenters. The second kappa shape index (κ2) is 4.70. The number of carbonyl (C=O) groups is 1. The Morgan fingerprint density at radius 1 is 1.40 bits per heavy atom. The summed E-state index contributed by atoms with van der Waals surface area (Å²) in [7, 11) is 0. The Balaban J connectivity index is 2.97. The number of hydrogen-bond donors (Lipinski definition) is 1. The van der Waals surface area contributed by atoms with E-state index in [1.165, 1.54) is 29.8 Å². The molecule has 0 amide bonds. The van der Waals surface area contributed by atoms with Gasteiger partial charge in [0.2, 0.25) is 0 Å². The number of aromatic nitrogens is 2. The molecule has 6 heteroatoms. The van der Waals surface area contributed by atoms with Gasteiger partial charge in [0.1, 0.15) is 16.2 Å². The lowest BCUT2D eigenvalue weighted by molar-refractivity contribution is -0.146. The van der Waals surface area contributed by atoms with E-state index in [1.807, 2.05) is 20.8 Å². The molecule has 0 radical (unpaired) electrons. The van der Waals surface area contributed by atoms with Gasteiger partial charge < -0.3 is 5.11 Å². The van der Waals surface area contributed by atoms with Gasteiger partial charge >= 0.3 is 5.97 Å². The third kappa shape index (κ3) is 1.95. The van der Waals surface area contributed by atoms with Gasteiger partial charge in [0.15, 0.2) is 0 Å². The third-order valence-corrected chi connectivity index (χ3v) is 4.77. The predicted molar refractivity (Wildman–Crippen MR) is 79.7 cm³/mol. The van der Waals surface area contributed by atoms with Crippen LogP contribution in [0.4, 0.5) is 0 Å². The number of carboxylic acid groups (broad SMARTS) is 1. The zero-order valence-electron chi connectivity index (χ0n) is 12.3. The number of hydrogen-bond acceptors (Lipinski definition) is 4. The Hall–Kier alpha value is -1.69. The van der Waals surface area contributed by atoms with Gasteiger partial charge in [-0.05, 0) is 33.3 Å². The van der Waals surface area contributed by atoms with E-state index in [1.54, 1.807) is 0 Å². The summed E-state index contributed by atoms with van der Waals surface area (Å²) in [6.07, 6.45) is 0.512. The van der Waals surface area contributed by atoms with Crippen LogP contribution in [0.2, 0.25) is 0 Å². The first-order chi connectivity index (χ1) is 9.21. The summed E-state index contributed by atoms with van der Waals surface area (Å²) in [5, 5.41) is 9.94. The Kier molecular flexibility index (Phi) is 3.46. The Bertz CT molecular complexity index is 756. The fraction of sp³-hybridized carbons (Fsp3) is 0.500. The molecule has 2 rings (SSSR count). The Morgan fingerprint density at radius 2 is 2.00 bits per heavy atom. The van der Waals surface area contributed by atoms with Crippen LogP contribution in [0.15, 0.2) is 4.79 Å². The van der Waals surface area contributed by atoms with Gasteiger partial charge in [-0.2, -0.15) is 0 Å². The van der Waals surface area contributed by atoms with Crippen LogP contribution in [0, 0.1) is 13.8 Å². The lowest BCUT2D eigenvalue weighted by Gasteiger charge is -2.25. The maximum absolute atomic E-state index is 12.8. The van der Waals surface area contributed by atoms with E-state index in [0.717, 1.165) is 10.4 Å². The van der Waals surface area contributed by atoms with Crippen LogP contribution in [0.25, 0.3) is 10.2 Å². The fourth-order valence-corrected chi connectivity index (χ4v) is 3.28. The minimum atomic E-state index is -1.31. The molecular weight excluding hydrogens is 276 g/mol. The molecule has 0 saturated carbocycles. The first-order valence-corrected chi connectivity index (χ1v) is 7.29. The van der Waals surface area contributed by atoms with Crippen LogP contribution < -0.4 is 5.56 Å². The minimum Gasteiger partial charge on any atom is -0.480 e. The van der Waals surface area contributed by atoms with E-state index < -0.39 is 11.5 Å². The zero-order valence-corrected chi connectivity index (χ0v) is 13.1. The second-order valence-corrected chi connectivity index (χ2v) is 6.55. The van der Waals surface area contributed by atoms with Crippen molar-refractivity contribution in [2.45, 2.75) is 46.6 Å². The van der Waals surface area contributed by atoms with Crippen LogP contribution >= 0.6 is 11.3 Å². The van der Waals surface area contributed by atoms with Crippen LogP contribution in [0.3, 0.4) is 0 Å². The van der Waals surface area contributed by atoms with Crippen molar-refractivity contribution < 1.29 is 9.90 Å². The SMILES string of the molecule is CCc1nc2sc(C)c(C)c2c(=O)n1C(C)(C)C(=O)O. The number of nitrogens with zero attached hydrogens (tertiary/aromatic N) is 2. The number of carboxylic acids is 1. The molecule has 0 bridgehead atoms. The summed E-state index contributed by atoms with van der Waals surface area (Å²) < 4.78 is 1.32. The van der Waals surface area contributed by atoms with Crippen molar-refractivity contribution in [3.05, 3.63) is 26.6 Å². The molecule has 0 fully saturated rings. The van der Waals surface area contributed by atoms with E-state index in [2.05, 4.69) is 4.98 Å². The van der Waals surface area contributed by atoms with Gasteiger partial charge in [0.25, 0.3) is 5.56 Å². The zero-order chi connectivity index (χ0) is 15.2. The topological polar surface area (TPSA) is 72.2 Å². The standard InChI is InChI=1S/C14H18N2O3S/c1-6-9-15-11-10(7(2)8(3)20-11)12(17)16(9)14(4,5)13(18)19/h6H2,1-5H3,(H,18,19). The van der Waals surface area contributed by atoms with Crippen molar-refractivity contribution in [1.29, 1.82) is 0 Å². The highest BCUT2D eigenvalue weighted by Crippen LogP contribution is 2.28. The van der Waals surface area contributed by atoms with Crippen molar-refractivity contribution >= 4 is 27.5 Å². The molecular formula is C14H18N2O3S. The van der Waals surface area contributed by atoms with Crippen molar-refractivity contribution in [2.75, 3.05) is 0 Å². The number of thiophene rings is 1. The van der Waals surface area contributed by atoms with E-state index in [4.69, 9.17) is 0 Å². The molecule has 0 spiro atoms. The first-order valence-electron chi connectivity index (χ1n) is 6.47. The maximum atomic E-state index is 12.8. The fourth-order valence-electron chi connectivity index (χ4n) is 2.25. The van der Waals surface area contributed by atoms with Crippen molar-refractivity contribution in [3.8, 4) is 0 Å². The lowest BCUT2D eigenvalue weighted by Crippen LogP contribution is -2.44. The Labute approximate surface area is 120 Å².